The zero-order valence-corrected chi connectivity index (χ0v) is 11.2. The van der Waals surface area contributed by atoms with E-state index in [-0.39, 0.29) is 0 Å². The summed E-state index contributed by atoms with van der Waals surface area (Å²) in [6.07, 6.45) is 1.25. The molecule has 0 bridgehead atoms. The highest BCUT2D eigenvalue weighted by atomic mass is 15.3. The van der Waals surface area contributed by atoms with Gasteiger partial charge in [-0.25, -0.2) is 0 Å². The molecule has 1 aromatic rings. The predicted octanol–water partition coefficient (Wildman–Crippen LogP) is 2.09. The van der Waals surface area contributed by atoms with Crippen molar-refractivity contribution in [1.82, 2.24) is 20.1 Å². The van der Waals surface area contributed by atoms with Crippen molar-refractivity contribution in [3.63, 3.8) is 0 Å². The molecule has 0 amide bonds. The fourth-order valence-electron chi connectivity index (χ4n) is 2.91. The van der Waals surface area contributed by atoms with Crippen molar-refractivity contribution >= 4 is 0 Å². The molecule has 1 aliphatic heterocycles. The number of nitrogens with zero attached hydrogens (tertiary/aromatic N) is 3. The molecule has 0 radical (unpaired) electrons. The van der Waals surface area contributed by atoms with E-state index in [9.17, 15) is 0 Å². The van der Waals surface area contributed by atoms with Gasteiger partial charge in [-0.05, 0) is 17.8 Å². The zero-order chi connectivity index (χ0) is 12.2. The Morgan fingerprint density at radius 2 is 1.94 bits per heavy atom. The number of hydrogen-bond donors (Lipinski definition) is 1. The third kappa shape index (κ3) is 1.69. The van der Waals surface area contributed by atoms with E-state index in [1.165, 1.54) is 12.2 Å². The number of aromatic nitrogens is 3. The Hall–Kier alpha value is -0.900. The molecular weight excluding hydrogens is 212 g/mol. The van der Waals surface area contributed by atoms with Crippen molar-refractivity contribution in [2.24, 2.45) is 11.3 Å². The smallest absolute Gasteiger partial charge is 0.150 e. The minimum Gasteiger partial charge on any atom is -0.312 e. The van der Waals surface area contributed by atoms with Crippen LogP contribution >= 0.6 is 0 Å². The number of fused-ring (bicyclic) bond motifs is 1. The third-order valence-corrected chi connectivity index (χ3v) is 4.28. The molecule has 2 unspecified atom stereocenters. The van der Waals surface area contributed by atoms with E-state index in [0.717, 1.165) is 18.9 Å². The summed E-state index contributed by atoms with van der Waals surface area (Å²) in [6, 6.07) is 0.367. The molecule has 17 heavy (non-hydrogen) atoms. The number of hydrogen-bond acceptors (Lipinski definition) is 3. The lowest BCUT2D eigenvalue weighted by Gasteiger charge is -2.27. The summed E-state index contributed by atoms with van der Waals surface area (Å²) in [4.78, 5) is 0. The van der Waals surface area contributed by atoms with Gasteiger partial charge < -0.3 is 9.88 Å². The predicted molar refractivity (Wildman–Crippen MR) is 66.7 cm³/mol. The molecule has 1 aromatic heterocycles. The maximum Gasteiger partial charge on any atom is 0.150 e. The monoisotopic (exact) mass is 234 g/mol. The van der Waals surface area contributed by atoms with E-state index in [1.54, 1.807) is 0 Å². The molecule has 1 aliphatic carbocycles. The van der Waals surface area contributed by atoms with E-state index in [1.807, 2.05) is 0 Å². The second-order valence-electron chi connectivity index (χ2n) is 6.49. The lowest BCUT2D eigenvalue weighted by molar-refractivity contribution is 0.334. The quantitative estimate of drug-likeness (QED) is 0.852. The van der Waals surface area contributed by atoms with Gasteiger partial charge in [0.2, 0.25) is 0 Å². The van der Waals surface area contributed by atoms with Crippen molar-refractivity contribution in [3.05, 3.63) is 11.6 Å². The highest BCUT2D eigenvalue weighted by molar-refractivity contribution is 5.19. The standard InChI is InChI=1S/C13H22N4/c1-8(2)10-12-16-15-11(9-7-13(9,3)4)17(12)6-5-14-10/h8-10,14H,5-7H2,1-4H3. The molecule has 1 N–H and O–H groups in total. The molecule has 2 atom stereocenters. The highest BCUT2D eigenvalue weighted by Gasteiger charge is 2.50. The van der Waals surface area contributed by atoms with Crippen LogP contribution in [0.4, 0.5) is 0 Å². The Labute approximate surface area is 103 Å². The molecule has 94 valence electrons. The summed E-state index contributed by atoms with van der Waals surface area (Å²) >= 11 is 0. The largest absolute Gasteiger partial charge is 0.312 e. The first kappa shape index (κ1) is 11.2. The minimum absolute atomic E-state index is 0.367. The van der Waals surface area contributed by atoms with Gasteiger partial charge in [0.05, 0.1) is 6.04 Å². The molecule has 1 saturated carbocycles. The van der Waals surface area contributed by atoms with Crippen molar-refractivity contribution < 1.29 is 0 Å². The first-order valence-corrected chi connectivity index (χ1v) is 6.67. The van der Waals surface area contributed by atoms with Crippen molar-refractivity contribution in [2.45, 2.75) is 52.6 Å². The molecule has 0 aromatic carbocycles. The fourth-order valence-corrected chi connectivity index (χ4v) is 2.91. The van der Waals surface area contributed by atoms with Gasteiger partial charge in [0, 0.05) is 19.0 Å². The molecule has 2 heterocycles. The molecule has 3 rings (SSSR count). The Bertz CT molecular complexity index is 419. The Morgan fingerprint density at radius 1 is 1.29 bits per heavy atom. The summed E-state index contributed by atoms with van der Waals surface area (Å²) in [5.74, 6) is 3.55. The van der Waals surface area contributed by atoms with E-state index >= 15 is 0 Å². The molecule has 4 nitrogen and oxygen atoms in total. The van der Waals surface area contributed by atoms with Gasteiger partial charge in [0.25, 0.3) is 0 Å². The second-order valence-corrected chi connectivity index (χ2v) is 6.49. The normalized spacial score (nSPS) is 30.4. The highest BCUT2D eigenvalue weighted by Crippen LogP contribution is 2.58. The number of nitrogens with one attached hydrogen (secondary N) is 1. The van der Waals surface area contributed by atoms with E-state index in [0.29, 0.717) is 23.3 Å². The van der Waals surface area contributed by atoms with Gasteiger partial charge in [-0.1, -0.05) is 27.7 Å². The van der Waals surface area contributed by atoms with Crippen LogP contribution in [-0.2, 0) is 6.54 Å². The van der Waals surface area contributed by atoms with Crippen LogP contribution in [0.15, 0.2) is 0 Å². The molecule has 4 heteroatoms. The van der Waals surface area contributed by atoms with Crippen molar-refractivity contribution in [3.8, 4) is 0 Å². The molecule has 2 aliphatic rings. The average molecular weight is 234 g/mol. The minimum atomic E-state index is 0.367. The zero-order valence-electron chi connectivity index (χ0n) is 11.2. The Kier molecular flexibility index (Phi) is 2.34. The van der Waals surface area contributed by atoms with Crippen LogP contribution in [-0.4, -0.2) is 21.3 Å². The van der Waals surface area contributed by atoms with Gasteiger partial charge in [-0.3, -0.25) is 0 Å². The van der Waals surface area contributed by atoms with Gasteiger partial charge in [0.1, 0.15) is 5.82 Å². The van der Waals surface area contributed by atoms with E-state index in [2.05, 4.69) is 47.8 Å². The van der Waals surface area contributed by atoms with Crippen LogP contribution in [0, 0.1) is 11.3 Å². The first-order valence-electron chi connectivity index (χ1n) is 6.67. The maximum atomic E-state index is 4.46. The summed E-state index contributed by atoms with van der Waals surface area (Å²) in [5, 5.41) is 12.4. The molecule has 0 spiro atoms. The fraction of sp³-hybridized carbons (Fsp3) is 0.846. The molecule has 1 fully saturated rings. The van der Waals surface area contributed by atoms with Gasteiger partial charge in [0.15, 0.2) is 5.82 Å². The van der Waals surface area contributed by atoms with Gasteiger partial charge in [-0.2, -0.15) is 0 Å². The van der Waals surface area contributed by atoms with Gasteiger partial charge >= 0.3 is 0 Å². The van der Waals surface area contributed by atoms with Crippen LogP contribution in [0.3, 0.4) is 0 Å². The summed E-state index contributed by atoms with van der Waals surface area (Å²) in [5.41, 5.74) is 0.433. The van der Waals surface area contributed by atoms with E-state index in [4.69, 9.17) is 0 Å². The summed E-state index contributed by atoms with van der Waals surface area (Å²) < 4.78 is 2.36. The maximum absolute atomic E-state index is 4.46. The number of rotatable bonds is 2. The average Bonchev–Trinajstić information content (AvgIpc) is 2.74. The molecule has 0 saturated heterocycles. The summed E-state index contributed by atoms with van der Waals surface area (Å²) in [7, 11) is 0. The second kappa shape index (κ2) is 3.55. The lowest BCUT2D eigenvalue weighted by Crippen LogP contribution is -2.37. The van der Waals surface area contributed by atoms with Crippen molar-refractivity contribution in [2.75, 3.05) is 6.54 Å². The van der Waals surface area contributed by atoms with Crippen molar-refractivity contribution in [1.29, 1.82) is 0 Å². The van der Waals surface area contributed by atoms with E-state index < -0.39 is 0 Å². The van der Waals surface area contributed by atoms with Gasteiger partial charge in [-0.15, -0.1) is 10.2 Å². The third-order valence-electron chi connectivity index (χ3n) is 4.28. The van der Waals surface area contributed by atoms with Crippen LogP contribution in [0.5, 0.6) is 0 Å². The van der Waals surface area contributed by atoms with Crippen LogP contribution < -0.4 is 5.32 Å². The van der Waals surface area contributed by atoms with Crippen LogP contribution in [0.1, 0.15) is 57.7 Å². The van der Waals surface area contributed by atoms with Crippen LogP contribution in [0.25, 0.3) is 0 Å². The summed E-state index contributed by atoms with van der Waals surface area (Å²) in [6.45, 7) is 11.2. The topological polar surface area (TPSA) is 42.7 Å². The Balaban J connectivity index is 1.95. The van der Waals surface area contributed by atoms with Crippen LogP contribution in [0.2, 0.25) is 0 Å². The lowest BCUT2D eigenvalue weighted by atomic mass is 10.0. The molecular formula is C13H22N4. The first-order chi connectivity index (χ1) is 8.00. The Morgan fingerprint density at radius 3 is 2.53 bits per heavy atom. The SMILES string of the molecule is CC(C)C1NCCn2c1nnc2C1CC1(C)C.